The zero-order chi connectivity index (χ0) is 15.5. The first-order chi connectivity index (χ1) is 10.7. The summed E-state index contributed by atoms with van der Waals surface area (Å²) in [6.45, 7) is 7.83. The van der Waals surface area contributed by atoms with Gasteiger partial charge in [-0.15, -0.1) is 11.3 Å². The maximum atomic E-state index is 12.5. The molecule has 1 aliphatic heterocycles. The van der Waals surface area contributed by atoms with Crippen LogP contribution in [-0.4, -0.2) is 36.5 Å². The number of piperidine rings is 1. The molecule has 1 amide bonds. The van der Waals surface area contributed by atoms with Gasteiger partial charge in [-0.1, -0.05) is 20.3 Å². The van der Waals surface area contributed by atoms with E-state index >= 15 is 0 Å². The minimum Gasteiger partial charge on any atom is -0.349 e. The Morgan fingerprint density at radius 1 is 1.32 bits per heavy atom. The highest BCUT2D eigenvalue weighted by molar-refractivity contribution is 7.14. The van der Waals surface area contributed by atoms with Gasteiger partial charge in [-0.25, -0.2) is 0 Å². The number of nitrogens with zero attached hydrogens (tertiary/aromatic N) is 1. The van der Waals surface area contributed by atoms with Crippen LogP contribution in [0.15, 0.2) is 6.07 Å². The lowest BCUT2D eigenvalue weighted by Crippen LogP contribution is -2.44. The average molecular weight is 321 g/mol. The highest BCUT2D eigenvalue weighted by Crippen LogP contribution is 2.33. The largest absolute Gasteiger partial charge is 0.349 e. The van der Waals surface area contributed by atoms with Gasteiger partial charge in [-0.3, -0.25) is 4.79 Å². The van der Waals surface area contributed by atoms with E-state index in [2.05, 4.69) is 30.1 Å². The van der Waals surface area contributed by atoms with Crippen LogP contribution in [0.3, 0.4) is 0 Å². The second kappa shape index (κ2) is 7.14. The van der Waals surface area contributed by atoms with Gasteiger partial charge in [-0.05, 0) is 56.2 Å². The molecule has 1 aliphatic carbocycles. The zero-order valence-corrected chi connectivity index (χ0v) is 14.7. The van der Waals surface area contributed by atoms with E-state index in [9.17, 15) is 4.79 Å². The topological polar surface area (TPSA) is 32.3 Å². The summed E-state index contributed by atoms with van der Waals surface area (Å²) in [5.74, 6) is 0.971. The first kappa shape index (κ1) is 16.0. The molecule has 1 saturated heterocycles. The summed E-state index contributed by atoms with van der Waals surface area (Å²) in [6, 6.07) is 2.52. The molecule has 1 fully saturated rings. The van der Waals surface area contributed by atoms with Gasteiger partial charge in [-0.2, -0.15) is 0 Å². The van der Waals surface area contributed by atoms with Gasteiger partial charge in [0.15, 0.2) is 0 Å². The molecular weight excluding hydrogens is 292 g/mol. The molecule has 4 heteroatoms. The van der Waals surface area contributed by atoms with Gasteiger partial charge >= 0.3 is 0 Å². The number of likely N-dealkylation sites (tertiary alicyclic amines) is 1. The molecule has 22 heavy (non-hydrogen) atoms. The quantitative estimate of drug-likeness (QED) is 0.921. The van der Waals surface area contributed by atoms with Gasteiger partial charge in [0.2, 0.25) is 0 Å². The molecule has 3 nitrogen and oxygen atoms in total. The van der Waals surface area contributed by atoms with Crippen molar-refractivity contribution >= 4 is 17.2 Å². The Bertz CT molecular complexity index is 517. The molecule has 0 radical (unpaired) electrons. The van der Waals surface area contributed by atoms with Gasteiger partial charge < -0.3 is 10.2 Å². The second-order valence-corrected chi connectivity index (χ2v) is 7.89. The monoisotopic (exact) mass is 320 g/mol. The normalized spacial score (nSPS) is 23.3. The van der Waals surface area contributed by atoms with Crippen LogP contribution in [0, 0.1) is 5.92 Å². The summed E-state index contributed by atoms with van der Waals surface area (Å²) in [4.78, 5) is 17.4. The van der Waals surface area contributed by atoms with Gasteiger partial charge in [0.25, 0.3) is 5.91 Å². The summed E-state index contributed by atoms with van der Waals surface area (Å²) in [5, 5.41) is 3.26. The predicted molar refractivity (Wildman–Crippen MR) is 92.7 cm³/mol. The first-order valence-corrected chi connectivity index (χ1v) is 9.66. The molecule has 0 saturated carbocycles. The molecule has 0 spiro atoms. The summed E-state index contributed by atoms with van der Waals surface area (Å²) in [7, 11) is 0. The molecule has 0 aromatic carbocycles. The third-order valence-electron chi connectivity index (χ3n) is 5.36. The molecule has 1 atom stereocenters. The molecule has 1 unspecified atom stereocenters. The molecule has 1 aromatic heterocycles. The fourth-order valence-electron chi connectivity index (χ4n) is 3.71. The van der Waals surface area contributed by atoms with Gasteiger partial charge in [0, 0.05) is 24.0 Å². The van der Waals surface area contributed by atoms with Crippen LogP contribution in [0.4, 0.5) is 0 Å². The fourth-order valence-corrected chi connectivity index (χ4v) is 4.82. The summed E-state index contributed by atoms with van der Waals surface area (Å²) < 4.78 is 0. The number of carbonyl (C=O) groups excluding carboxylic acids is 1. The molecule has 2 aliphatic rings. The summed E-state index contributed by atoms with van der Waals surface area (Å²) in [5.41, 5.74) is 1.44. The molecular formula is C18H28N2OS. The predicted octanol–water partition coefficient (Wildman–Crippen LogP) is 3.48. The number of hydrogen-bond donors (Lipinski definition) is 1. The van der Waals surface area contributed by atoms with E-state index in [1.165, 1.54) is 36.1 Å². The van der Waals surface area contributed by atoms with Gasteiger partial charge in [0.05, 0.1) is 4.88 Å². The van der Waals surface area contributed by atoms with Crippen molar-refractivity contribution in [3.63, 3.8) is 0 Å². The van der Waals surface area contributed by atoms with Crippen LogP contribution in [0.2, 0.25) is 0 Å². The Balaban J connectivity index is 1.58. The van der Waals surface area contributed by atoms with Crippen molar-refractivity contribution in [2.45, 2.75) is 58.4 Å². The molecule has 0 bridgehead atoms. The maximum Gasteiger partial charge on any atom is 0.261 e. The number of amides is 1. The van der Waals surface area contributed by atoms with Crippen LogP contribution in [0.25, 0.3) is 0 Å². The van der Waals surface area contributed by atoms with E-state index in [0.717, 1.165) is 43.3 Å². The van der Waals surface area contributed by atoms with Crippen LogP contribution in [0.5, 0.6) is 0 Å². The second-order valence-electron chi connectivity index (χ2n) is 6.76. The average Bonchev–Trinajstić information content (AvgIpc) is 2.98. The van der Waals surface area contributed by atoms with Crippen molar-refractivity contribution in [2.75, 3.05) is 19.6 Å². The van der Waals surface area contributed by atoms with E-state index in [4.69, 9.17) is 0 Å². The lowest BCUT2D eigenvalue weighted by Gasteiger charge is -2.31. The molecule has 2 heterocycles. The number of nitrogens with one attached hydrogen (secondary N) is 1. The van der Waals surface area contributed by atoms with Crippen molar-refractivity contribution < 1.29 is 4.79 Å². The lowest BCUT2D eigenvalue weighted by atomic mass is 9.87. The van der Waals surface area contributed by atoms with E-state index < -0.39 is 0 Å². The molecule has 1 aromatic rings. The smallest absolute Gasteiger partial charge is 0.261 e. The van der Waals surface area contributed by atoms with Crippen LogP contribution in [-0.2, 0) is 12.8 Å². The standard InChI is InChI=1S/C18H28N2OS/c1-3-13-5-6-16-14(11-13)12-17(22-16)18(21)19-15-7-9-20(4-2)10-8-15/h12-13,15H,3-11H2,1-2H3,(H,19,21). The van der Waals surface area contributed by atoms with Crippen molar-refractivity contribution in [2.24, 2.45) is 5.92 Å². The third-order valence-corrected chi connectivity index (χ3v) is 6.59. The van der Waals surface area contributed by atoms with Crippen LogP contribution < -0.4 is 5.32 Å². The number of thiophene rings is 1. The Kier molecular flexibility index (Phi) is 5.19. The first-order valence-electron chi connectivity index (χ1n) is 8.84. The Morgan fingerprint density at radius 3 is 2.77 bits per heavy atom. The van der Waals surface area contributed by atoms with E-state index in [1.807, 2.05) is 0 Å². The van der Waals surface area contributed by atoms with Crippen LogP contribution >= 0.6 is 11.3 Å². The summed E-state index contributed by atoms with van der Waals surface area (Å²) in [6.07, 6.45) is 7.06. The molecule has 3 rings (SSSR count). The SMILES string of the molecule is CCC1CCc2sc(C(=O)NC3CCN(CC)CC3)cc2C1. The van der Waals surface area contributed by atoms with Crippen LogP contribution in [0.1, 0.15) is 59.6 Å². The van der Waals surface area contributed by atoms with Crippen molar-refractivity contribution in [1.29, 1.82) is 0 Å². The highest BCUT2D eigenvalue weighted by atomic mass is 32.1. The Morgan fingerprint density at radius 2 is 2.09 bits per heavy atom. The molecule has 122 valence electrons. The highest BCUT2D eigenvalue weighted by Gasteiger charge is 2.24. The number of aryl methyl sites for hydroxylation is 1. The zero-order valence-electron chi connectivity index (χ0n) is 13.9. The number of carbonyl (C=O) groups is 1. The minimum absolute atomic E-state index is 0.155. The Hall–Kier alpha value is -0.870. The van der Waals surface area contributed by atoms with Gasteiger partial charge in [0.1, 0.15) is 0 Å². The van der Waals surface area contributed by atoms with E-state index in [0.29, 0.717) is 6.04 Å². The van der Waals surface area contributed by atoms with Crippen molar-refractivity contribution in [1.82, 2.24) is 10.2 Å². The maximum absolute atomic E-state index is 12.5. The third kappa shape index (κ3) is 3.54. The number of hydrogen-bond acceptors (Lipinski definition) is 3. The lowest BCUT2D eigenvalue weighted by molar-refractivity contribution is 0.0916. The Labute approximate surface area is 138 Å². The summed E-state index contributed by atoms with van der Waals surface area (Å²) >= 11 is 1.73. The number of fused-ring (bicyclic) bond motifs is 1. The van der Waals surface area contributed by atoms with Crippen molar-refractivity contribution in [3.8, 4) is 0 Å². The van der Waals surface area contributed by atoms with Crippen molar-refractivity contribution in [3.05, 3.63) is 21.4 Å². The fraction of sp³-hybridized carbons (Fsp3) is 0.722. The van der Waals surface area contributed by atoms with E-state index in [1.54, 1.807) is 11.3 Å². The van der Waals surface area contributed by atoms with E-state index in [-0.39, 0.29) is 5.91 Å². The minimum atomic E-state index is 0.155. The number of rotatable bonds is 4. The molecule has 1 N–H and O–H groups in total.